The summed E-state index contributed by atoms with van der Waals surface area (Å²) in [5.41, 5.74) is 6.63. The second-order valence-corrected chi connectivity index (χ2v) is 13.6. The number of nitrogens with zero attached hydrogens (tertiary/aromatic N) is 4. The molecule has 0 spiro atoms. The molecule has 0 saturated carbocycles. The highest BCUT2D eigenvalue weighted by Crippen LogP contribution is 2.41. The van der Waals surface area contributed by atoms with Crippen molar-refractivity contribution in [2.75, 3.05) is 0 Å². The molecule has 0 saturated heterocycles. The lowest BCUT2D eigenvalue weighted by molar-refractivity contribution is 0.669. The summed E-state index contributed by atoms with van der Waals surface area (Å²) in [6, 6.07) is 45.7. The average molecular weight is 639 g/mol. The SMILES string of the molecule is c1ccc(-c2nc(-c3ccc4c(c3)sc3cc5sc(-c6ccccc6)nc5cc34)nc(-c3cccc4oc5ccccc5c34)n2)cc1. The zero-order valence-electron chi connectivity index (χ0n) is 24.7. The van der Waals surface area contributed by atoms with Gasteiger partial charge in [0.1, 0.15) is 16.2 Å². The van der Waals surface area contributed by atoms with Gasteiger partial charge in [-0.25, -0.2) is 19.9 Å². The van der Waals surface area contributed by atoms with E-state index in [1.54, 1.807) is 22.7 Å². The molecule has 0 N–H and O–H groups in total. The number of rotatable bonds is 4. The van der Waals surface area contributed by atoms with Gasteiger partial charge >= 0.3 is 0 Å². The molecule has 10 aromatic rings. The summed E-state index contributed by atoms with van der Waals surface area (Å²) in [7, 11) is 0. The quantitative estimate of drug-likeness (QED) is 0.192. The first kappa shape index (κ1) is 26.5. The second-order valence-electron chi connectivity index (χ2n) is 11.5. The van der Waals surface area contributed by atoms with Crippen molar-refractivity contribution in [1.29, 1.82) is 0 Å². The fraction of sp³-hybridized carbons (Fsp3) is 0. The van der Waals surface area contributed by atoms with Crippen molar-refractivity contribution in [3.05, 3.63) is 133 Å². The molecular formula is C40H22N4OS2. The van der Waals surface area contributed by atoms with Gasteiger partial charge in [0.2, 0.25) is 0 Å². The summed E-state index contributed by atoms with van der Waals surface area (Å²) in [5.74, 6) is 1.88. The smallest absolute Gasteiger partial charge is 0.164 e. The molecule has 7 heteroatoms. The summed E-state index contributed by atoms with van der Waals surface area (Å²) in [5, 5.41) is 5.51. The maximum absolute atomic E-state index is 6.20. The molecule has 0 bridgehead atoms. The molecule has 0 fully saturated rings. The van der Waals surface area contributed by atoms with Crippen LogP contribution in [0.5, 0.6) is 0 Å². The van der Waals surface area contributed by atoms with Gasteiger partial charge in [-0.3, -0.25) is 0 Å². The summed E-state index contributed by atoms with van der Waals surface area (Å²) >= 11 is 3.53. The Kier molecular flexibility index (Phi) is 5.85. The third-order valence-corrected chi connectivity index (χ3v) is 10.8. The number of furan rings is 1. The van der Waals surface area contributed by atoms with Crippen molar-refractivity contribution in [3.8, 4) is 44.7 Å². The number of hydrogen-bond donors (Lipinski definition) is 0. The van der Waals surface area contributed by atoms with E-state index < -0.39 is 0 Å². The molecule has 0 unspecified atom stereocenters. The Morgan fingerprint density at radius 1 is 0.426 bits per heavy atom. The minimum Gasteiger partial charge on any atom is -0.456 e. The largest absolute Gasteiger partial charge is 0.456 e. The average Bonchev–Trinajstić information content (AvgIpc) is 3.83. The van der Waals surface area contributed by atoms with Crippen molar-refractivity contribution < 1.29 is 4.42 Å². The molecule has 6 aromatic carbocycles. The molecule has 47 heavy (non-hydrogen) atoms. The van der Waals surface area contributed by atoms with Gasteiger partial charge in [-0.2, -0.15) is 0 Å². The summed E-state index contributed by atoms with van der Waals surface area (Å²) in [6.45, 7) is 0. The van der Waals surface area contributed by atoms with Crippen LogP contribution >= 0.6 is 22.7 Å². The molecule has 0 atom stereocenters. The first-order valence-electron chi connectivity index (χ1n) is 15.3. The van der Waals surface area contributed by atoms with Gasteiger partial charge in [0.05, 0.1) is 10.2 Å². The van der Waals surface area contributed by atoms with Crippen LogP contribution in [0.3, 0.4) is 0 Å². The van der Waals surface area contributed by atoms with Gasteiger partial charge in [0, 0.05) is 53.2 Å². The molecular weight excluding hydrogens is 617 g/mol. The number of thiazole rings is 1. The van der Waals surface area contributed by atoms with Crippen LogP contribution in [-0.4, -0.2) is 19.9 Å². The van der Waals surface area contributed by atoms with Crippen LogP contribution in [-0.2, 0) is 0 Å². The lowest BCUT2D eigenvalue weighted by Gasteiger charge is -2.09. The molecule has 0 radical (unpaired) electrons. The Bertz CT molecular complexity index is 2800. The molecule has 4 aromatic heterocycles. The fourth-order valence-corrected chi connectivity index (χ4v) is 8.58. The lowest BCUT2D eigenvalue weighted by atomic mass is 10.1. The number of para-hydroxylation sites is 1. The molecule has 0 aliphatic rings. The highest BCUT2D eigenvalue weighted by Gasteiger charge is 2.18. The Morgan fingerprint density at radius 3 is 1.98 bits per heavy atom. The van der Waals surface area contributed by atoms with E-state index in [1.165, 1.54) is 24.9 Å². The van der Waals surface area contributed by atoms with Gasteiger partial charge in [-0.15, -0.1) is 22.7 Å². The van der Waals surface area contributed by atoms with E-state index in [2.05, 4.69) is 66.7 Å². The number of hydrogen-bond acceptors (Lipinski definition) is 7. The van der Waals surface area contributed by atoms with Crippen LogP contribution in [0.4, 0.5) is 0 Å². The Morgan fingerprint density at radius 2 is 1.13 bits per heavy atom. The summed E-state index contributed by atoms with van der Waals surface area (Å²) in [4.78, 5) is 20.1. The maximum Gasteiger partial charge on any atom is 0.164 e. The monoisotopic (exact) mass is 638 g/mol. The highest BCUT2D eigenvalue weighted by molar-refractivity contribution is 7.26. The molecule has 0 amide bonds. The van der Waals surface area contributed by atoms with Gasteiger partial charge in [0.15, 0.2) is 17.5 Å². The third-order valence-electron chi connectivity index (χ3n) is 8.57. The van der Waals surface area contributed by atoms with Crippen LogP contribution in [0.15, 0.2) is 138 Å². The van der Waals surface area contributed by atoms with Crippen molar-refractivity contribution in [1.82, 2.24) is 19.9 Å². The van der Waals surface area contributed by atoms with E-state index in [1.807, 2.05) is 66.7 Å². The van der Waals surface area contributed by atoms with Crippen LogP contribution in [0.1, 0.15) is 0 Å². The molecule has 220 valence electrons. The number of benzene rings is 6. The fourth-order valence-electron chi connectivity index (χ4n) is 6.34. The predicted molar refractivity (Wildman–Crippen MR) is 195 cm³/mol. The first-order valence-corrected chi connectivity index (χ1v) is 16.9. The highest BCUT2D eigenvalue weighted by atomic mass is 32.1. The maximum atomic E-state index is 6.20. The van der Waals surface area contributed by atoms with E-state index in [9.17, 15) is 0 Å². The van der Waals surface area contributed by atoms with Crippen LogP contribution < -0.4 is 0 Å². The molecule has 4 heterocycles. The van der Waals surface area contributed by atoms with Crippen molar-refractivity contribution >= 4 is 75.0 Å². The number of aromatic nitrogens is 4. The van der Waals surface area contributed by atoms with Gasteiger partial charge in [0.25, 0.3) is 0 Å². The van der Waals surface area contributed by atoms with Crippen molar-refractivity contribution in [3.63, 3.8) is 0 Å². The van der Waals surface area contributed by atoms with E-state index in [0.717, 1.165) is 54.7 Å². The van der Waals surface area contributed by atoms with Gasteiger partial charge < -0.3 is 4.42 Å². The van der Waals surface area contributed by atoms with Crippen LogP contribution in [0.2, 0.25) is 0 Å². The third kappa shape index (κ3) is 4.35. The number of fused-ring (bicyclic) bond motifs is 7. The Labute approximate surface area is 276 Å². The zero-order chi connectivity index (χ0) is 30.9. The van der Waals surface area contributed by atoms with E-state index in [0.29, 0.717) is 17.5 Å². The molecule has 5 nitrogen and oxygen atoms in total. The first-order chi connectivity index (χ1) is 23.2. The van der Waals surface area contributed by atoms with E-state index >= 15 is 0 Å². The minimum atomic E-state index is 0.614. The van der Waals surface area contributed by atoms with Crippen molar-refractivity contribution in [2.45, 2.75) is 0 Å². The normalized spacial score (nSPS) is 11.8. The topological polar surface area (TPSA) is 64.7 Å². The minimum absolute atomic E-state index is 0.614. The summed E-state index contributed by atoms with van der Waals surface area (Å²) < 4.78 is 9.82. The molecule has 0 aliphatic carbocycles. The van der Waals surface area contributed by atoms with Crippen LogP contribution in [0.25, 0.3) is 97.1 Å². The van der Waals surface area contributed by atoms with E-state index in [-0.39, 0.29) is 0 Å². The standard InChI is InChI=1S/C40H22N4OS2/c1-3-10-23(11-4-1)37-42-38(44-39(43-37)28-15-9-17-32-36(28)27-14-7-8-16-31(27)45-32)25-18-19-26-29-21-30-35(22-34(29)46-33(26)20-25)47-40(41-30)24-12-5-2-6-13-24/h1-22H. The Hall–Kier alpha value is -5.76. The summed E-state index contributed by atoms with van der Waals surface area (Å²) in [6.07, 6.45) is 0. The lowest BCUT2D eigenvalue weighted by Crippen LogP contribution is -2.00. The molecule has 0 aliphatic heterocycles. The van der Waals surface area contributed by atoms with Crippen LogP contribution in [0, 0.1) is 0 Å². The second kappa shape index (κ2) is 10.4. The van der Waals surface area contributed by atoms with Gasteiger partial charge in [-0.05, 0) is 30.3 Å². The Balaban J connectivity index is 1.14. The predicted octanol–water partition coefficient (Wildman–Crippen LogP) is 11.4. The molecule has 10 rings (SSSR count). The van der Waals surface area contributed by atoms with Gasteiger partial charge in [-0.1, -0.05) is 103 Å². The van der Waals surface area contributed by atoms with E-state index in [4.69, 9.17) is 24.4 Å². The van der Waals surface area contributed by atoms with Crippen molar-refractivity contribution in [2.24, 2.45) is 0 Å². The number of thiophene rings is 1. The zero-order valence-corrected chi connectivity index (χ0v) is 26.3.